The van der Waals surface area contributed by atoms with Gasteiger partial charge in [0.1, 0.15) is 0 Å². The van der Waals surface area contributed by atoms with Crippen molar-refractivity contribution in [1.82, 2.24) is 0 Å². The van der Waals surface area contributed by atoms with Crippen LogP contribution in [-0.4, -0.2) is 6.21 Å². The summed E-state index contributed by atoms with van der Waals surface area (Å²) in [5, 5.41) is 0. The third-order valence-corrected chi connectivity index (χ3v) is 3.53. The summed E-state index contributed by atoms with van der Waals surface area (Å²) in [6, 6.07) is 16.4. The van der Waals surface area contributed by atoms with Gasteiger partial charge in [0.25, 0.3) is 0 Å². The van der Waals surface area contributed by atoms with Gasteiger partial charge in [-0.05, 0) is 23.6 Å². The van der Waals surface area contributed by atoms with Crippen molar-refractivity contribution in [2.45, 2.75) is 19.8 Å². The molecule has 0 amide bonds. The van der Waals surface area contributed by atoms with Crippen molar-refractivity contribution in [2.24, 2.45) is 4.99 Å². The Kier molecular flexibility index (Phi) is 4.32. The minimum Gasteiger partial charge on any atom is -0.256 e. The Morgan fingerprint density at radius 1 is 1.00 bits per heavy atom. The minimum atomic E-state index is 0.484. The maximum atomic E-state index is 4.60. The van der Waals surface area contributed by atoms with Crippen LogP contribution >= 0.6 is 15.9 Å². The summed E-state index contributed by atoms with van der Waals surface area (Å²) in [6.07, 6.45) is 1.91. The molecule has 0 spiro atoms. The van der Waals surface area contributed by atoms with Crippen LogP contribution in [0.2, 0.25) is 0 Å². The van der Waals surface area contributed by atoms with Gasteiger partial charge in [0.15, 0.2) is 0 Å². The molecule has 0 heterocycles. The Bertz CT molecular complexity index is 559. The Balaban J connectivity index is 2.32. The molecule has 0 aliphatic rings. The first-order valence-electron chi connectivity index (χ1n) is 6.06. The van der Waals surface area contributed by atoms with Crippen LogP contribution in [0.25, 0.3) is 0 Å². The van der Waals surface area contributed by atoms with E-state index in [0.717, 1.165) is 15.7 Å². The van der Waals surface area contributed by atoms with E-state index in [-0.39, 0.29) is 0 Å². The number of hydrogen-bond acceptors (Lipinski definition) is 1. The van der Waals surface area contributed by atoms with E-state index < -0.39 is 0 Å². The van der Waals surface area contributed by atoms with Crippen LogP contribution in [-0.2, 0) is 0 Å². The number of rotatable bonds is 3. The normalized spacial score (nSPS) is 11.3. The summed E-state index contributed by atoms with van der Waals surface area (Å²) in [5.41, 5.74) is 3.42. The molecule has 2 rings (SSSR count). The number of nitrogens with zero attached hydrogens (tertiary/aromatic N) is 1. The second-order valence-corrected chi connectivity index (χ2v) is 5.35. The topological polar surface area (TPSA) is 12.4 Å². The lowest BCUT2D eigenvalue weighted by atomic mass is 10.0. The van der Waals surface area contributed by atoms with Crippen LogP contribution in [0.15, 0.2) is 58.0 Å². The van der Waals surface area contributed by atoms with E-state index >= 15 is 0 Å². The fourth-order valence-electron chi connectivity index (χ4n) is 1.81. The first-order valence-corrected chi connectivity index (χ1v) is 6.85. The second kappa shape index (κ2) is 5.96. The van der Waals surface area contributed by atoms with Gasteiger partial charge in [-0.3, -0.25) is 4.99 Å². The third-order valence-electron chi connectivity index (χ3n) is 2.81. The van der Waals surface area contributed by atoms with Crippen LogP contribution in [0, 0.1) is 0 Å². The molecule has 2 aromatic carbocycles. The smallest absolute Gasteiger partial charge is 0.0664 e. The fourth-order valence-corrected chi connectivity index (χ4v) is 2.20. The molecule has 0 atom stereocenters. The number of para-hydroxylation sites is 1. The molecule has 2 aromatic rings. The van der Waals surface area contributed by atoms with Gasteiger partial charge in [-0.2, -0.15) is 0 Å². The highest BCUT2D eigenvalue weighted by molar-refractivity contribution is 9.10. The van der Waals surface area contributed by atoms with Crippen LogP contribution in [0.1, 0.15) is 30.9 Å². The van der Waals surface area contributed by atoms with Gasteiger partial charge in [0.2, 0.25) is 0 Å². The molecule has 2 heteroatoms. The zero-order valence-corrected chi connectivity index (χ0v) is 12.2. The molecule has 1 nitrogen and oxygen atoms in total. The molecular weight excluding hydrogens is 286 g/mol. The number of halogens is 1. The largest absolute Gasteiger partial charge is 0.256 e. The molecule has 0 saturated carbocycles. The van der Waals surface area contributed by atoms with Crippen LogP contribution in [0.3, 0.4) is 0 Å². The zero-order valence-electron chi connectivity index (χ0n) is 10.6. The summed E-state index contributed by atoms with van der Waals surface area (Å²) < 4.78 is 1.07. The van der Waals surface area contributed by atoms with Crippen LogP contribution < -0.4 is 0 Å². The molecule has 0 aliphatic carbocycles. The molecule has 92 valence electrons. The monoisotopic (exact) mass is 301 g/mol. The van der Waals surface area contributed by atoms with Crippen LogP contribution in [0.5, 0.6) is 0 Å². The predicted molar refractivity (Wildman–Crippen MR) is 81.9 cm³/mol. The third kappa shape index (κ3) is 3.08. The summed E-state index contributed by atoms with van der Waals surface area (Å²) in [6.45, 7) is 4.37. The average molecular weight is 302 g/mol. The fraction of sp³-hybridized carbons (Fsp3) is 0.188. The number of benzene rings is 2. The molecule has 0 saturated heterocycles. The standard InChI is InChI=1S/C16H16BrN/c1-12(2)14-8-4-6-10-16(14)18-11-13-7-3-5-9-15(13)17/h3-12H,1-2H3/b18-11+. The van der Waals surface area contributed by atoms with Gasteiger partial charge in [-0.1, -0.05) is 66.2 Å². The van der Waals surface area contributed by atoms with Crippen molar-refractivity contribution < 1.29 is 0 Å². The predicted octanol–water partition coefficient (Wildman–Crippen LogP) is 5.32. The number of hydrogen-bond donors (Lipinski definition) is 0. The Morgan fingerprint density at radius 2 is 1.67 bits per heavy atom. The van der Waals surface area contributed by atoms with Gasteiger partial charge in [0, 0.05) is 16.3 Å². The highest BCUT2D eigenvalue weighted by atomic mass is 79.9. The van der Waals surface area contributed by atoms with Gasteiger partial charge in [-0.15, -0.1) is 0 Å². The molecular formula is C16H16BrN. The second-order valence-electron chi connectivity index (χ2n) is 4.49. The Labute approximate surface area is 117 Å². The lowest BCUT2D eigenvalue weighted by Gasteiger charge is -2.08. The molecule has 0 fully saturated rings. The van der Waals surface area contributed by atoms with E-state index in [4.69, 9.17) is 0 Å². The van der Waals surface area contributed by atoms with Crippen LogP contribution in [0.4, 0.5) is 5.69 Å². The van der Waals surface area contributed by atoms with Gasteiger partial charge >= 0.3 is 0 Å². The van der Waals surface area contributed by atoms with E-state index in [2.05, 4.69) is 53.0 Å². The molecule has 0 aromatic heterocycles. The van der Waals surface area contributed by atoms with Crippen molar-refractivity contribution in [3.8, 4) is 0 Å². The summed E-state index contributed by atoms with van der Waals surface area (Å²) in [4.78, 5) is 4.60. The van der Waals surface area contributed by atoms with E-state index in [1.807, 2.05) is 36.5 Å². The first kappa shape index (κ1) is 13.0. The maximum Gasteiger partial charge on any atom is 0.0664 e. The SMILES string of the molecule is CC(C)c1ccccc1/N=C/c1ccccc1Br. The molecule has 0 radical (unpaired) electrons. The van der Waals surface area contributed by atoms with Gasteiger partial charge < -0.3 is 0 Å². The summed E-state index contributed by atoms with van der Waals surface area (Å²) in [7, 11) is 0. The quantitative estimate of drug-likeness (QED) is 0.680. The lowest BCUT2D eigenvalue weighted by Crippen LogP contribution is -1.88. The summed E-state index contributed by atoms with van der Waals surface area (Å²) >= 11 is 3.53. The Hall–Kier alpha value is -1.41. The van der Waals surface area contributed by atoms with Crippen molar-refractivity contribution in [1.29, 1.82) is 0 Å². The molecule has 0 bridgehead atoms. The molecule has 18 heavy (non-hydrogen) atoms. The molecule has 0 N–H and O–H groups in total. The average Bonchev–Trinajstić information content (AvgIpc) is 2.38. The number of aliphatic imine (C=N–C) groups is 1. The van der Waals surface area contributed by atoms with E-state index in [1.165, 1.54) is 5.56 Å². The van der Waals surface area contributed by atoms with E-state index in [9.17, 15) is 0 Å². The van der Waals surface area contributed by atoms with Crippen molar-refractivity contribution in [2.75, 3.05) is 0 Å². The maximum absolute atomic E-state index is 4.60. The van der Waals surface area contributed by atoms with Crippen molar-refractivity contribution in [3.63, 3.8) is 0 Å². The zero-order chi connectivity index (χ0) is 13.0. The summed E-state index contributed by atoms with van der Waals surface area (Å²) in [5.74, 6) is 0.484. The lowest BCUT2D eigenvalue weighted by molar-refractivity contribution is 0.867. The Morgan fingerprint density at radius 3 is 2.39 bits per heavy atom. The van der Waals surface area contributed by atoms with Gasteiger partial charge in [0.05, 0.1) is 5.69 Å². The first-order chi connectivity index (χ1) is 8.68. The van der Waals surface area contributed by atoms with E-state index in [0.29, 0.717) is 5.92 Å². The highest BCUT2D eigenvalue weighted by Gasteiger charge is 2.04. The van der Waals surface area contributed by atoms with E-state index in [1.54, 1.807) is 0 Å². The molecule has 0 unspecified atom stereocenters. The molecule has 0 aliphatic heterocycles. The van der Waals surface area contributed by atoms with Gasteiger partial charge in [-0.25, -0.2) is 0 Å². The van der Waals surface area contributed by atoms with Crippen molar-refractivity contribution in [3.05, 3.63) is 64.1 Å². The van der Waals surface area contributed by atoms with Crippen molar-refractivity contribution >= 4 is 27.8 Å². The minimum absolute atomic E-state index is 0.484. The highest BCUT2D eigenvalue weighted by Crippen LogP contribution is 2.26.